The molecule has 2 aliphatic rings. The van der Waals surface area contributed by atoms with E-state index in [2.05, 4.69) is 25.2 Å². The Kier molecular flexibility index (Phi) is 7.88. The minimum Gasteiger partial charge on any atom is -0.504 e. The lowest BCUT2D eigenvalue weighted by Gasteiger charge is -2.55. The van der Waals surface area contributed by atoms with Crippen LogP contribution < -0.4 is 5.32 Å². The molecule has 8 nitrogen and oxygen atoms in total. The van der Waals surface area contributed by atoms with Crippen LogP contribution in [0.3, 0.4) is 0 Å². The molecule has 8 heteroatoms. The Morgan fingerprint density at radius 2 is 1.60 bits per heavy atom. The number of nitrogens with zero attached hydrogens (tertiary/aromatic N) is 1. The first-order valence-corrected chi connectivity index (χ1v) is 14.9. The molecule has 0 aromatic heterocycles. The van der Waals surface area contributed by atoms with Gasteiger partial charge in [0.15, 0.2) is 23.0 Å². The lowest BCUT2D eigenvalue weighted by Crippen LogP contribution is -2.52. The van der Waals surface area contributed by atoms with Crippen LogP contribution in [0.15, 0.2) is 42.5 Å². The van der Waals surface area contributed by atoms with E-state index >= 15 is 0 Å². The third-order valence-electron chi connectivity index (χ3n) is 9.98. The maximum absolute atomic E-state index is 12.7. The van der Waals surface area contributed by atoms with Crippen LogP contribution in [0.2, 0.25) is 0 Å². The zero-order valence-electron chi connectivity index (χ0n) is 24.9. The van der Waals surface area contributed by atoms with Crippen molar-refractivity contribution in [1.82, 2.24) is 5.32 Å². The number of hydrogen-bond donors (Lipinski definition) is 5. The van der Waals surface area contributed by atoms with Crippen LogP contribution in [0.1, 0.15) is 92.7 Å². The van der Waals surface area contributed by atoms with E-state index in [-0.39, 0.29) is 50.4 Å². The van der Waals surface area contributed by atoms with E-state index in [9.17, 15) is 30.5 Å². The molecule has 3 atom stereocenters. The molecule has 0 radical (unpaired) electrons. The molecule has 3 aromatic carbocycles. The van der Waals surface area contributed by atoms with Crippen LogP contribution in [0.4, 0.5) is 5.69 Å². The van der Waals surface area contributed by atoms with E-state index in [0.29, 0.717) is 25.3 Å². The second kappa shape index (κ2) is 11.1. The van der Waals surface area contributed by atoms with Crippen LogP contribution in [0.25, 0.3) is 0 Å². The van der Waals surface area contributed by atoms with E-state index in [0.717, 1.165) is 65.6 Å². The van der Waals surface area contributed by atoms with Gasteiger partial charge in [-0.3, -0.25) is 10.1 Å². The highest BCUT2D eigenvalue weighted by molar-refractivity contribution is 5.61. The smallest absolute Gasteiger partial charge is 0.276 e. The largest absolute Gasteiger partial charge is 0.504 e. The van der Waals surface area contributed by atoms with Crippen molar-refractivity contribution in [2.45, 2.75) is 84.1 Å². The van der Waals surface area contributed by atoms with Crippen LogP contribution in [0, 0.1) is 21.4 Å². The molecule has 0 heterocycles. The lowest BCUT2D eigenvalue weighted by molar-refractivity contribution is -0.386. The van der Waals surface area contributed by atoms with Crippen molar-refractivity contribution in [2.75, 3.05) is 6.54 Å². The zero-order valence-corrected chi connectivity index (χ0v) is 24.9. The van der Waals surface area contributed by atoms with Gasteiger partial charge in [0.2, 0.25) is 0 Å². The van der Waals surface area contributed by atoms with E-state index in [1.54, 1.807) is 18.2 Å². The van der Waals surface area contributed by atoms with Crippen LogP contribution in [-0.2, 0) is 24.8 Å². The van der Waals surface area contributed by atoms with Gasteiger partial charge in [0.05, 0.1) is 4.92 Å². The van der Waals surface area contributed by atoms with E-state index in [4.69, 9.17) is 0 Å². The summed E-state index contributed by atoms with van der Waals surface area (Å²) in [6.07, 6.45) is 5.00. The number of aromatic hydroxyl groups is 4. The minimum absolute atomic E-state index is 0.0297. The van der Waals surface area contributed by atoms with Gasteiger partial charge in [-0.15, -0.1) is 0 Å². The molecule has 0 aliphatic heterocycles. The van der Waals surface area contributed by atoms with E-state index in [1.807, 2.05) is 13.8 Å². The Balaban J connectivity index is 1.52. The second-order valence-electron chi connectivity index (χ2n) is 13.2. The van der Waals surface area contributed by atoms with Crippen molar-refractivity contribution >= 4 is 5.69 Å². The number of fused-ring (bicyclic) bond motifs is 3. The van der Waals surface area contributed by atoms with E-state index in [1.165, 1.54) is 18.2 Å². The average Bonchev–Trinajstić information content (AvgIpc) is 2.92. The Hall–Kier alpha value is -3.78. The predicted molar refractivity (Wildman–Crippen MR) is 162 cm³/mol. The standard InChI is InChI=1S/C34H42N2O6/c1-20(2)31-23(14-21-6-9-26(37)28(39)15-21)17-25-24(32(31)36(41)42)8-11-30-33(3,12-5-13-34(25,30)4)19-35-18-22-7-10-27(38)29(40)16-22/h6-7,9-10,15-17,20,30,35,37-40H,5,8,11-14,18-19H2,1-4H3/t30-,33-,34+/m0/s1. The van der Waals surface area contributed by atoms with Gasteiger partial charge < -0.3 is 25.7 Å². The average molecular weight is 575 g/mol. The van der Waals surface area contributed by atoms with Gasteiger partial charge in [0.25, 0.3) is 5.69 Å². The Labute approximate surface area is 247 Å². The van der Waals surface area contributed by atoms with Gasteiger partial charge in [-0.05, 0) is 101 Å². The fourth-order valence-corrected chi connectivity index (χ4v) is 8.08. The molecule has 5 rings (SSSR count). The number of nitro groups is 1. The maximum Gasteiger partial charge on any atom is 0.276 e. The molecular formula is C34H42N2O6. The Morgan fingerprint density at radius 3 is 2.21 bits per heavy atom. The van der Waals surface area contributed by atoms with Gasteiger partial charge in [0.1, 0.15) is 0 Å². The van der Waals surface area contributed by atoms with Gasteiger partial charge >= 0.3 is 0 Å². The molecule has 1 saturated carbocycles. The van der Waals surface area contributed by atoms with Crippen LogP contribution >= 0.6 is 0 Å². The molecule has 0 unspecified atom stereocenters. The highest BCUT2D eigenvalue weighted by Gasteiger charge is 2.53. The molecule has 2 aliphatic carbocycles. The van der Waals surface area contributed by atoms with Crippen LogP contribution in [-0.4, -0.2) is 31.9 Å². The van der Waals surface area contributed by atoms with Crippen molar-refractivity contribution in [2.24, 2.45) is 11.3 Å². The van der Waals surface area contributed by atoms with Gasteiger partial charge in [0, 0.05) is 24.2 Å². The molecule has 0 bridgehead atoms. The van der Waals surface area contributed by atoms with Crippen molar-refractivity contribution < 1.29 is 25.3 Å². The third-order valence-corrected chi connectivity index (χ3v) is 9.98. The molecule has 3 aromatic rings. The number of phenols is 4. The first-order chi connectivity index (χ1) is 19.8. The molecule has 42 heavy (non-hydrogen) atoms. The Morgan fingerprint density at radius 1 is 0.952 bits per heavy atom. The Bertz CT molecular complexity index is 1520. The molecular weight excluding hydrogens is 532 g/mol. The maximum atomic E-state index is 12.7. The molecule has 0 amide bonds. The SMILES string of the molecule is CC(C)c1c(Cc2ccc(O)c(O)c2)cc2c(c1[N+](=O)[O-])CC[C@H]1[C@](C)(CNCc3ccc(O)c(O)c3)CCC[C@]21C. The molecule has 0 spiro atoms. The van der Waals surface area contributed by atoms with Gasteiger partial charge in [-0.25, -0.2) is 0 Å². The fraction of sp³-hybridized carbons (Fsp3) is 0.471. The van der Waals surface area contributed by atoms with Crippen molar-refractivity contribution in [3.05, 3.63) is 86.0 Å². The second-order valence-corrected chi connectivity index (χ2v) is 13.2. The van der Waals surface area contributed by atoms with Gasteiger partial charge in [-0.1, -0.05) is 52.3 Å². The zero-order chi connectivity index (χ0) is 30.4. The lowest BCUT2D eigenvalue weighted by atomic mass is 9.49. The summed E-state index contributed by atoms with van der Waals surface area (Å²) in [4.78, 5) is 12.5. The highest BCUT2D eigenvalue weighted by atomic mass is 16.6. The minimum atomic E-state index is -0.231. The molecule has 0 saturated heterocycles. The number of hydrogen-bond acceptors (Lipinski definition) is 7. The summed E-state index contributed by atoms with van der Waals surface area (Å²) >= 11 is 0. The van der Waals surface area contributed by atoms with E-state index < -0.39 is 0 Å². The summed E-state index contributed by atoms with van der Waals surface area (Å²) < 4.78 is 0. The number of phenolic OH excluding ortho intramolecular Hbond substituents is 4. The summed E-state index contributed by atoms with van der Waals surface area (Å²) in [6.45, 7) is 9.96. The monoisotopic (exact) mass is 574 g/mol. The molecule has 224 valence electrons. The normalized spacial score (nSPS) is 23.4. The predicted octanol–water partition coefficient (Wildman–Crippen LogP) is 6.93. The number of nitrogens with one attached hydrogen (secondary N) is 1. The fourth-order valence-electron chi connectivity index (χ4n) is 8.08. The van der Waals surface area contributed by atoms with Crippen molar-refractivity contribution in [1.29, 1.82) is 0 Å². The summed E-state index contributed by atoms with van der Waals surface area (Å²) in [6, 6.07) is 11.8. The van der Waals surface area contributed by atoms with Crippen molar-refractivity contribution in [3.63, 3.8) is 0 Å². The number of benzene rings is 3. The van der Waals surface area contributed by atoms with Crippen LogP contribution in [0.5, 0.6) is 23.0 Å². The summed E-state index contributed by atoms with van der Waals surface area (Å²) in [7, 11) is 0. The number of nitro benzene ring substituents is 1. The molecule has 5 N–H and O–H groups in total. The first kappa shape index (κ1) is 29.7. The number of rotatable bonds is 8. The van der Waals surface area contributed by atoms with Gasteiger partial charge in [-0.2, -0.15) is 0 Å². The molecule has 1 fully saturated rings. The van der Waals surface area contributed by atoms with Crippen molar-refractivity contribution in [3.8, 4) is 23.0 Å². The highest BCUT2D eigenvalue weighted by Crippen LogP contribution is 2.59. The first-order valence-electron chi connectivity index (χ1n) is 14.9. The quantitative estimate of drug-likeness (QED) is 0.112. The summed E-state index contributed by atoms with van der Waals surface area (Å²) in [5, 5.41) is 55.8. The topological polar surface area (TPSA) is 136 Å². The summed E-state index contributed by atoms with van der Waals surface area (Å²) in [5.74, 6) is -0.381. The third kappa shape index (κ3) is 5.28. The summed E-state index contributed by atoms with van der Waals surface area (Å²) in [5.41, 5.74) is 5.28.